The minimum atomic E-state index is -0.875. The quantitative estimate of drug-likeness (QED) is 0.560. The number of anilines is 1. The summed E-state index contributed by atoms with van der Waals surface area (Å²) in [5.74, 6) is -0.828. The smallest absolute Gasteiger partial charge is 0.265 e. The van der Waals surface area contributed by atoms with Gasteiger partial charge in [0.05, 0.1) is 39.5 Å². The Morgan fingerprint density at radius 2 is 1.91 bits per heavy atom. The Balaban J connectivity index is 1.59. The summed E-state index contributed by atoms with van der Waals surface area (Å²) in [6.45, 7) is 4.46. The number of amides is 2. The first-order valence-electron chi connectivity index (χ1n) is 10.7. The number of fused-ring (bicyclic) bond motifs is 1. The molecular weight excluding hydrogens is 552 g/mol. The number of ether oxygens (including phenoxy) is 2. The van der Waals surface area contributed by atoms with Crippen molar-refractivity contribution < 1.29 is 23.5 Å². The van der Waals surface area contributed by atoms with Gasteiger partial charge >= 0.3 is 0 Å². The normalized spacial score (nSPS) is 18.1. The summed E-state index contributed by atoms with van der Waals surface area (Å²) < 4.78 is 25.5. The summed E-state index contributed by atoms with van der Waals surface area (Å²) in [4.78, 5) is 29.6. The monoisotopic (exact) mass is 573 g/mol. The van der Waals surface area contributed by atoms with Crippen LogP contribution in [0.4, 0.5) is 10.1 Å². The van der Waals surface area contributed by atoms with Crippen LogP contribution in [0.2, 0.25) is 10.0 Å². The third-order valence-electron chi connectivity index (χ3n) is 5.85. The van der Waals surface area contributed by atoms with E-state index < -0.39 is 23.8 Å². The van der Waals surface area contributed by atoms with Crippen LogP contribution in [0.15, 0.2) is 34.8 Å². The lowest BCUT2D eigenvalue weighted by Gasteiger charge is -2.35. The molecule has 1 fully saturated rings. The maximum atomic E-state index is 14.3. The van der Waals surface area contributed by atoms with Crippen molar-refractivity contribution in [1.29, 1.82) is 0 Å². The van der Waals surface area contributed by atoms with Crippen molar-refractivity contribution in [3.05, 3.63) is 56.2 Å². The van der Waals surface area contributed by atoms with Crippen LogP contribution in [-0.4, -0.2) is 62.2 Å². The van der Waals surface area contributed by atoms with E-state index in [1.165, 1.54) is 23.1 Å². The molecule has 2 amide bonds. The summed E-state index contributed by atoms with van der Waals surface area (Å²) in [6, 6.07) is 6.43. The summed E-state index contributed by atoms with van der Waals surface area (Å²) >= 11 is 15.4. The van der Waals surface area contributed by atoms with Crippen LogP contribution in [0.1, 0.15) is 18.5 Å². The van der Waals surface area contributed by atoms with Crippen LogP contribution in [0, 0.1) is 5.82 Å². The molecule has 1 saturated heterocycles. The molecule has 2 unspecified atom stereocenters. The molecule has 0 aliphatic carbocycles. The van der Waals surface area contributed by atoms with E-state index in [0.717, 1.165) is 0 Å². The minimum absolute atomic E-state index is 0.224. The molecule has 2 aromatic carbocycles. The number of carbonyl (C=O) groups is 2. The van der Waals surface area contributed by atoms with E-state index in [9.17, 15) is 14.0 Å². The molecule has 2 heterocycles. The summed E-state index contributed by atoms with van der Waals surface area (Å²) in [7, 11) is 0. The zero-order chi connectivity index (χ0) is 24.4. The fraction of sp³-hybridized carbons (Fsp3) is 0.391. The molecule has 0 spiro atoms. The second kappa shape index (κ2) is 10.8. The van der Waals surface area contributed by atoms with Gasteiger partial charge in [0.1, 0.15) is 17.6 Å². The van der Waals surface area contributed by atoms with Gasteiger partial charge in [0.25, 0.3) is 5.91 Å². The van der Waals surface area contributed by atoms with Crippen LogP contribution >= 0.6 is 39.1 Å². The van der Waals surface area contributed by atoms with Crippen LogP contribution in [-0.2, 0) is 14.3 Å². The molecule has 34 heavy (non-hydrogen) atoms. The van der Waals surface area contributed by atoms with Gasteiger partial charge in [-0.25, -0.2) is 4.39 Å². The average Bonchev–Trinajstić information content (AvgIpc) is 2.82. The van der Waals surface area contributed by atoms with Gasteiger partial charge in [0.2, 0.25) is 5.91 Å². The van der Waals surface area contributed by atoms with Crippen molar-refractivity contribution >= 4 is 56.6 Å². The van der Waals surface area contributed by atoms with Crippen molar-refractivity contribution in [2.45, 2.75) is 19.0 Å². The molecule has 2 aliphatic heterocycles. The first kappa shape index (κ1) is 25.2. The minimum Gasteiger partial charge on any atom is -0.482 e. The fourth-order valence-electron chi connectivity index (χ4n) is 4.00. The maximum Gasteiger partial charge on any atom is 0.265 e. The zero-order valence-electron chi connectivity index (χ0n) is 18.3. The van der Waals surface area contributed by atoms with Crippen LogP contribution < -0.4 is 15.0 Å². The molecular formula is C23H23BrCl2FN3O4. The van der Waals surface area contributed by atoms with Gasteiger partial charge in [-0.05, 0) is 46.6 Å². The fourth-order valence-corrected chi connectivity index (χ4v) is 4.56. The van der Waals surface area contributed by atoms with Crippen LogP contribution in [0.5, 0.6) is 5.75 Å². The van der Waals surface area contributed by atoms with Crippen molar-refractivity contribution in [3.63, 3.8) is 0 Å². The number of hydrogen-bond acceptors (Lipinski definition) is 5. The molecule has 182 valence electrons. The Morgan fingerprint density at radius 3 is 2.62 bits per heavy atom. The zero-order valence-corrected chi connectivity index (χ0v) is 21.4. The van der Waals surface area contributed by atoms with Gasteiger partial charge in [0, 0.05) is 25.7 Å². The van der Waals surface area contributed by atoms with E-state index >= 15 is 0 Å². The predicted molar refractivity (Wildman–Crippen MR) is 131 cm³/mol. The van der Waals surface area contributed by atoms with Gasteiger partial charge < -0.3 is 14.8 Å². The Labute approximate surface area is 215 Å². The number of nitrogens with one attached hydrogen (secondary N) is 1. The Bertz CT molecular complexity index is 1100. The molecule has 2 atom stereocenters. The largest absolute Gasteiger partial charge is 0.482 e. The molecule has 7 nitrogen and oxygen atoms in total. The molecule has 0 aromatic heterocycles. The third kappa shape index (κ3) is 5.49. The second-order valence-electron chi connectivity index (χ2n) is 8.11. The van der Waals surface area contributed by atoms with Gasteiger partial charge in [-0.15, -0.1) is 0 Å². The predicted octanol–water partition coefficient (Wildman–Crippen LogP) is 4.20. The highest BCUT2D eigenvalue weighted by Gasteiger charge is 2.35. The van der Waals surface area contributed by atoms with E-state index in [0.29, 0.717) is 54.3 Å². The molecule has 2 aromatic rings. The number of morpholine rings is 1. The molecule has 4 rings (SSSR count). The van der Waals surface area contributed by atoms with E-state index in [4.69, 9.17) is 32.7 Å². The number of nitrogens with zero attached hydrogens (tertiary/aromatic N) is 2. The number of rotatable bonds is 6. The lowest BCUT2D eigenvalue weighted by Crippen LogP contribution is -2.53. The maximum absolute atomic E-state index is 14.3. The van der Waals surface area contributed by atoms with Crippen LogP contribution in [0.3, 0.4) is 0 Å². The van der Waals surface area contributed by atoms with E-state index in [-0.39, 0.29) is 22.6 Å². The summed E-state index contributed by atoms with van der Waals surface area (Å²) in [6.07, 6.45) is 0. The highest BCUT2D eigenvalue weighted by molar-refractivity contribution is 9.10. The lowest BCUT2D eigenvalue weighted by molar-refractivity contribution is -0.128. The standard InChI is InChI=1S/C23H23BrCl2FN3O4/c1-13(30-20-9-16(25)17(26)10-21(20)34-12-22(30)31)23(32)28-19(11-29-4-6-33-7-5-29)14-2-3-15(24)18(27)8-14/h2-3,8-10,13,19H,4-7,11-12H2,1H3,(H,28,32). The Kier molecular flexibility index (Phi) is 7.99. The third-order valence-corrected chi connectivity index (χ3v) is 7.22. The molecule has 0 saturated carbocycles. The summed E-state index contributed by atoms with van der Waals surface area (Å²) in [5, 5.41) is 3.53. The molecule has 11 heteroatoms. The molecule has 1 N–H and O–H groups in total. The second-order valence-corrected chi connectivity index (χ2v) is 9.78. The van der Waals surface area contributed by atoms with Crippen molar-refractivity contribution in [1.82, 2.24) is 10.2 Å². The topological polar surface area (TPSA) is 71.1 Å². The van der Waals surface area contributed by atoms with Crippen molar-refractivity contribution in [3.8, 4) is 5.75 Å². The van der Waals surface area contributed by atoms with E-state index in [2.05, 4.69) is 26.1 Å². The van der Waals surface area contributed by atoms with Gasteiger partial charge in [-0.3, -0.25) is 19.4 Å². The molecule has 0 bridgehead atoms. The van der Waals surface area contributed by atoms with Crippen molar-refractivity contribution in [2.24, 2.45) is 0 Å². The van der Waals surface area contributed by atoms with E-state index in [1.807, 2.05) is 0 Å². The van der Waals surface area contributed by atoms with Gasteiger partial charge in [-0.2, -0.15) is 0 Å². The highest BCUT2D eigenvalue weighted by atomic mass is 79.9. The summed E-state index contributed by atoms with van der Waals surface area (Å²) in [5.41, 5.74) is 0.990. The number of hydrogen-bond donors (Lipinski definition) is 1. The molecule has 2 aliphatic rings. The first-order valence-corrected chi connectivity index (χ1v) is 12.3. The van der Waals surface area contributed by atoms with Gasteiger partial charge in [-0.1, -0.05) is 29.3 Å². The number of halogens is 4. The number of benzene rings is 2. The van der Waals surface area contributed by atoms with Crippen LogP contribution in [0.25, 0.3) is 0 Å². The number of carbonyl (C=O) groups excluding carboxylic acids is 2. The lowest BCUT2D eigenvalue weighted by atomic mass is 10.0. The van der Waals surface area contributed by atoms with Crippen molar-refractivity contribution in [2.75, 3.05) is 44.4 Å². The highest BCUT2D eigenvalue weighted by Crippen LogP contribution is 2.39. The van der Waals surface area contributed by atoms with Gasteiger partial charge in [0.15, 0.2) is 6.61 Å². The molecule has 0 radical (unpaired) electrons. The van der Waals surface area contributed by atoms with E-state index in [1.54, 1.807) is 19.1 Å². The Hall–Kier alpha value is -1.91. The SMILES string of the molecule is CC(C(=O)NC(CN1CCOCC1)c1ccc(Br)c(F)c1)N1C(=O)COc2cc(Cl)c(Cl)cc21. The Morgan fingerprint density at radius 1 is 1.21 bits per heavy atom. The first-order chi connectivity index (χ1) is 16.2. The average molecular weight is 575 g/mol.